The van der Waals surface area contributed by atoms with Gasteiger partial charge in [0, 0.05) is 13.0 Å². The summed E-state index contributed by atoms with van der Waals surface area (Å²) < 4.78 is 11.6. The number of hydrogen-bond donors (Lipinski definition) is 1. The van der Waals surface area contributed by atoms with E-state index in [1.54, 1.807) is 0 Å². The van der Waals surface area contributed by atoms with Crippen LogP contribution in [0.3, 0.4) is 0 Å². The first kappa shape index (κ1) is 26.9. The van der Waals surface area contributed by atoms with Gasteiger partial charge in [0.1, 0.15) is 12.4 Å². The molecule has 0 spiro atoms. The van der Waals surface area contributed by atoms with E-state index in [-0.39, 0.29) is 0 Å². The van der Waals surface area contributed by atoms with Crippen molar-refractivity contribution in [2.75, 3.05) is 13.2 Å². The molecule has 0 aliphatic carbocycles. The van der Waals surface area contributed by atoms with Crippen LogP contribution >= 0.6 is 0 Å². The number of carboxylic acids is 1. The lowest BCUT2D eigenvalue weighted by molar-refractivity contribution is -0.150. The Bertz CT molecular complexity index is 1290. The largest absolute Gasteiger partial charge is 0.490 e. The average molecular weight is 507 g/mol. The minimum atomic E-state index is -0.942. The van der Waals surface area contributed by atoms with Crippen LogP contribution in [0.2, 0.25) is 0 Å². The number of allylic oxidation sites excluding steroid dienone is 1. The summed E-state index contributed by atoms with van der Waals surface area (Å²) in [7, 11) is 0. The minimum Gasteiger partial charge on any atom is -0.490 e. The molecule has 1 atom stereocenters. The Morgan fingerprint density at radius 2 is 1.42 bits per heavy atom. The molecule has 0 aliphatic heterocycles. The average Bonchev–Trinajstić information content (AvgIpc) is 2.96. The van der Waals surface area contributed by atoms with Gasteiger partial charge < -0.3 is 14.6 Å². The Hall–Kier alpha value is -4.15. The third-order valence-corrected chi connectivity index (χ3v) is 6.48. The summed E-state index contributed by atoms with van der Waals surface area (Å²) in [5, 5.41) is 9.58. The zero-order valence-electron chi connectivity index (χ0n) is 21.8. The monoisotopic (exact) mass is 506 g/mol. The van der Waals surface area contributed by atoms with Crippen LogP contribution in [0.25, 0.3) is 16.7 Å². The highest BCUT2D eigenvalue weighted by Crippen LogP contribution is 2.22. The molecule has 38 heavy (non-hydrogen) atoms. The number of benzene rings is 4. The zero-order valence-corrected chi connectivity index (χ0v) is 21.8. The fourth-order valence-electron chi connectivity index (χ4n) is 4.24. The van der Waals surface area contributed by atoms with E-state index in [9.17, 15) is 9.90 Å². The summed E-state index contributed by atoms with van der Waals surface area (Å²) in [6.45, 7) is 2.94. The number of rotatable bonds is 13. The first-order valence-electron chi connectivity index (χ1n) is 13.0. The van der Waals surface area contributed by atoms with E-state index >= 15 is 0 Å². The van der Waals surface area contributed by atoms with Gasteiger partial charge in [-0.2, -0.15) is 0 Å². The lowest BCUT2D eigenvalue weighted by atomic mass is 10.0. The van der Waals surface area contributed by atoms with Gasteiger partial charge in [-0.15, -0.1) is 0 Å². The van der Waals surface area contributed by atoms with Gasteiger partial charge in [-0.25, -0.2) is 4.79 Å². The highest BCUT2D eigenvalue weighted by Gasteiger charge is 2.18. The van der Waals surface area contributed by atoms with Crippen LogP contribution < -0.4 is 4.74 Å². The molecule has 0 amide bonds. The van der Waals surface area contributed by atoms with Crippen LogP contribution in [-0.4, -0.2) is 30.4 Å². The summed E-state index contributed by atoms with van der Waals surface area (Å²) in [6.07, 6.45) is 3.17. The number of carboxylic acid groups (broad SMARTS) is 1. The van der Waals surface area contributed by atoms with Crippen molar-refractivity contribution in [3.63, 3.8) is 0 Å². The van der Waals surface area contributed by atoms with Gasteiger partial charge in [-0.1, -0.05) is 97.1 Å². The van der Waals surface area contributed by atoms with Crippen LogP contribution in [0.1, 0.15) is 30.0 Å². The molecule has 0 fully saturated rings. The molecule has 0 aliphatic rings. The number of ether oxygens (including phenoxy) is 2. The predicted octanol–water partition coefficient (Wildman–Crippen LogP) is 7.48. The second-order valence-electron chi connectivity index (χ2n) is 9.28. The van der Waals surface area contributed by atoms with Crippen LogP contribution in [0.4, 0.5) is 0 Å². The first-order chi connectivity index (χ1) is 18.6. The molecule has 4 aromatic rings. The van der Waals surface area contributed by atoms with Gasteiger partial charge in [0.05, 0.1) is 0 Å². The van der Waals surface area contributed by atoms with Crippen molar-refractivity contribution in [1.29, 1.82) is 0 Å². The Kier molecular flexibility index (Phi) is 9.89. The first-order valence-corrected chi connectivity index (χ1v) is 13.0. The van der Waals surface area contributed by atoms with E-state index in [4.69, 9.17) is 9.47 Å². The maximum Gasteiger partial charge on any atom is 0.333 e. The Morgan fingerprint density at radius 1 is 0.789 bits per heavy atom. The molecule has 0 saturated carbocycles. The van der Waals surface area contributed by atoms with Crippen molar-refractivity contribution >= 4 is 11.5 Å². The van der Waals surface area contributed by atoms with E-state index in [0.717, 1.165) is 35.3 Å². The molecule has 0 saturated heterocycles. The lowest BCUT2D eigenvalue weighted by Gasteiger charge is -2.14. The summed E-state index contributed by atoms with van der Waals surface area (Å²) >= 11 is 0. The van der Waals surface area contributed by atoms with Crippen molar-refractivity contribution in [3.05, 3.63) is 132 Å². The second kappa shape index (κ2) is 14.0. The standard InChI is InChI=1S/C34H34O4/c1-26(29-16-18-31(19-17-29)30-12-6-3-7-13-30)22-24-37-32-20-14-28(15-21-32)25-33(34(35)36)38-23-8-11-27-9-4-2-5-10-27/h2-7,9-10,12-22,33H,8,11,23-25H2,1H3,(H,35,36)/b26-22+. The number of aliphatic carboxylic acids is 1. The Balaban J connectivity index is 1.23. The summed E-state index contributed by atoms with van der Waals surface area (Å²) in [4.78, 5) is 11.7. The highest BCUT2D eigenvalue weighted by molar-refractivity contribution is 5.72. The SMILES string of the molecule is C/C(=C\COc1ccc(CC(OCCCc2ccccc2)C(=O)O)cc1)c1ccc(-c2ccccc2)cc1. The van der Waals surface area contributed by atoms with E-state index in [2.05, 4.69) is 61.5 Å². The van der Waals surface area contributed by atoms with Crippen molar-refractivity contribution in [2.24, 2.45) is 0 Å². The van der Waals surface area contributed by atoms with Crippen LogP contribution in [0, 0.1) is 0 Å². The third kappa shape index (κ3) is 8.19. The van der Waals surface area contributed by atoms with Crippen LogP contribution in [0.5, 0.6) is 5.75 Å². The topological polar surface area (TPSA) is 55.8 Å². The summed E-state index contributed by atoms with van der Waals surface area (Å²) in [6, 6.07) is 36.6. The van der Waals surface area contributed by atoms with E-state index < -0.39 is 12.1 Å². The van der Waals surface area contributed by atoms with Crippen molar-refractivity contribution in [2.45, 2.75) is 32.3 Å². The Morgan fingerprint density at radius 3 is 2.08 bits per heavy atom. The summed E-state index contributed by atoms with van der Waals surface area (Å²) in [5.41, 5.74) is 6.84. The molecule has 0 aromatic heterocycles. The van der Waals surface area contributed by atoms with Crippen LogP contribution in [-0.2, 0) is 22.4 Å². The van der Waals surface area contributed by atoms with Crippen LogP contribution in [0.15, 0.2) is 115 Å². The molecule has 1 N–H and O–H groups in total. The zero-order chi connectivity index (χ0) is 26.6. The maximum absolute atomic E-state index is 11.7. The molecule has 4 heteroatoms. The Labute approximate surface area is 225 Å². The van der Waals surface area contributed by atoms with Gasteiger partial charge in [0.25, 0.3) is 0 Å². The van der Waals surface area contributed by atoms with E-state index in [1.807, 2.05) is 60.7 Å². The molecule has 194 valence electrons. The fourth-order valence-corrected chi connectivity index (χ4v) is 4.24. The molecule has 0 heterocycles. The molecule has 0 bridgehead atoms. The van der Waals surface area contributed by atoms with Gasteiger partial charge in [-0.3, -0.25) is 0 Å². The quantitative estimate of drug-likeness (QED) is 0.191. The predicted molar refractivity (Wildman–Crippen MR) is 153 cm³/mol. The van der Waals surface area contributed by atoms with Crippen molar-refractivity contribution in [1.82, 2.24) is 0 Å². The third-order valence-electron chi connectivity index (χ3n) is 6.48. The van der Waals surface area contributed by atoms with Crippen molar-refractivity contribution < 1.29 is 19.4 Å². The van der Waals surface area contributed by atoms with Crippen molar-refractivity contribution in [3.8, 4) is 16.9 Å². The molecule has 1 unspecified atom stereocenters. The number of carbonyl (C=O) groups is 1. The maximum atomic E-state index is 11.7. The number of aryl methyl sites for hydroxylation is 1. The van der Waals surface area contributed by atoms with Gasteiger partial charge in [0.15, 0.2) is 6.10 Å². The molecule has 4 nitrogen and oxygen atoms in total. The second-order valence-corrected chi connectivity index (χ2v) is 9.28. The highest BCUT2D eigenvalue weighted by atomic mass is 16.5. The molecule has 4 aromatic carbocycles. The molecular weight excluding hydrogens is 472 g/mol. The van der Waals surface area contributed by atoms with E-state index in [0.29, 0.717) is 19.6 Å². The number of hydrogen-bond acceptors (Lipinski definition) is 3. The van der Waals surface area contributed by atoms with Gasteiger partial charge in [0.2, 0.25) is 0 Å². The smallest absolute Gasteiger partial charge is 0.333 e. The molecule has 4 rings (SSSR count). The normalized spacial score (nSPS) is 12.2. The fraction of sp³-hybridized carbons (Fsp3) is 0.206. The minimum absolute atomic E-state index is 0.318. The lowest BCUT2D eigenvalue weighted by Crippen LogP contribution is -2.27. The molecule has 0 radical (unpaired) electrons. The van der Waals surface area contributed by atoms with E-state index in [1.165, 1.54) is 16.7 Å². The van der Waals surface area contributed by atoms with Gasteiger partial charge in [-0.05, 0) is 71.4 Å². The summed E-state index contributed by atoms with van der Waals surface area (Å²) in [5.74, 6) is -0.199. The molecular formula is C34H34O4. The van der Waals surface area contributed by atoms with Gasteiger partial charge >= 0.3 is 5.97 Å².